The monoisotopic (exact) mass is 1080 g/mol. The number of alkyl halides is 25. The van der Waals surface area contributed by atoms with E-state index in [0.717, 1.165) is 0 Å². The molecule has 0 atom stereocenters. The highest BCUT2D eigenvalue weighted by Gasteiger charge is 2.82. The van der Waals surface area contributed by atoms with E-state index in [1.807, 2.05) is 0 Å². The number of halogens is 25. The van der Waals surface area contributed by atoms with Gasteiger partial charge in [-0.05, 0) is 0 Å². The van der Waals surface area contributed by atoms with Crippen LogP contribution in [0.1, 0.15) is 0 Å². The summed E-state index contributed by atoms with van der Waals surface area (Å²) in [5.41, 5.74) is -2.97. The second-order valence-corrected chi connectivity index (χ2v) is 24.6. The van der Waals surface area contributed by atoms with E-state index in [9.17, 15) is 9.90 Å². The van der Waals surface area contributed by atoms with Crippen LogP contribution in [0.2, 0.25) is 0 Å². The van der Waals surface area contributed by atoms with Gasteiger partial charge in [0.05, 0.1) is 5.57 Å². The number of hydrogen-bond acceptors (Lipinski definition) is 1. The van der Waals surface area contributed by atoms with Gasteiger partial charge in [0.2, 0.25) is 15.7 Å². The summed E-state index contributed by atoms with van der Waals surface area (Å²) < 4.78 is -35.7. The fourth-order valence-electron chi connectivity index (χ4n) is 2.34. The quantitative estimate of drug-likeness (QED) is 0.185. The van der Waals surface area contributed by atoms with Crippen LogP contribution in [-0.4, -0.2) is 57.1 Å². The van der Waals surface area contributed by atoms with Crippen molar-refractivity contribution in [2.24, 2.45) is 0 Å². The van der Waals surface area contributed by atoms with Gasteiger partial charge in [-0.15, -0.1) is 0 Å². The van der Waals surface area contributed by atoms with Gasteiger partial charge in [-0.25, -0.2) is 4.79 Å². The lowest BCUT2D eigenvalue weighted by atomic mass is 9.94. The summed E-state index contributed by atoms with van der Waals surface area (Å²) in [6, 6.07) is 0. The molecule has 0 aliphatic rings. The minimum Gasteiger partial charge on any atom is -0.478 e. The van der Waals surface area contributed by atoms with Crippen LogP contribution >= 0.6 is 290 Å². The minimum atomic E-state index is -3.53. The maximum Gasteiger partial charge on any atom is 0.336 e. The van der Waals surface area contributed by atoms with Crippen molar-refractivity contribution in [1.29, 1.82) is 0 Å². The normalized spacial score (nSPS) is 17.0. The first-order valence-electron chi connectivity index (χ1n) is 8.40. The minimum absolute atomic E-state index is 1.47. The molecule has 0 fully saturated rings. The maximum atomic E-state index is 12.3. The van der Waals surface area contributed by atoms with Crippen molar-refractivity contribution in [3.8, 4) is 0 Å². The van der Waals surface area contributed by atoms with Crippen LogP contribution in [0.4, 0.5) is 0 Å². The molecule has 0 aromatic carbocycles. The van der Waals surface area contributed by atoms with Gasteiger partial charge < -0.3 is 5.11 Å². The van der Waals surface area contributed by atoms with Gasteiger partial charge in [0.1, 0.15) is 0 Å². The van der Waals surface area contributed by atoms with Crippen LogP contribution in [-0.2, 0) is 4.79 Å². The van der Waals surface area contributed by atoms with Crippen LogP contribution < -0.4 is 0 Å². The topological polar surface area (TPSA) is 37.3 Å². The Hall–Kier alpha value is 6.46. The van der Waals surface area contributed by atoms with Gasteiger partial charge in [0.15, 0.2) is 30.3 Å². The van der Waals surface area contributed by atoms with Crippen LogP contribution in [0.25, 0.3) is 0 Å². The first-order chi connectivity index (χ1) is 17.2. The lowest BCUT2D eigenvalue weighted by Crippen LogP contribution is -2.70. The summed E-state index contributed by atoms with van der Waals surface area (Å²) in [5.74, 6) is -2.14. The Bertz CT molecular complexity index is 1030. The van der Waals surface area contributed by atoms with Crippen molar-refractivity contribution in [2.75, 3.05) is 0 Å². The van der Waals surface area contributed by atoms with Crippen molar-refractivity contribution in [3.63, 3.8) is 0 Å². The predicted octanol–water partition coefficient (Wildman–Crippen LogP) is 14.9. The molecule has 244 valence electrons. The van der Waals surface area contributed by atoms with Gasteiger partial charge >= 0.3 is 5.97 Å². The first-order valence-corrected chi connectivity index (χ1v) is 17.9. The molecule has 41 heavy (non-hydrogen) atoms. The van der Waals surface area contributed by atoms with Gasteiger partial charge in [0, 0.05) is 5.57 Å². The fourth-order valence-corrected chi connectivity index (χ4v) is 9.28. The third kappa shape index (κ3) is 8.42. The van der Waals surface area contributed by atoms with Crippen molar-refractivity contribution in [2.45, 2.75) is 46.0 Å². The highest BCUT2D eigenvalue weighted by atomic mass is 35.6. The van der Waals surface area contributed by atoms with E-state index in [2.05, 4.69) is 0 Å². The largest absolute Gasteiger partial charge is 0.478 e. The summed E-state index contributed by atoms with van der Waals surface area (Å²) in [6.45, 7) is 0. The molecule has 27 heteroatoms. The summed E-state index contributed by atoms with van der Waals surface area (Å²) in [6.07, 6.45) is 0. The van der Waals surface area contributed by atoms with Crippen LogP contribution in [0.3, 0.4) is 0 Å². The molecule has 0 saturated carbocycles. The van der Waals surface area contributed by atoms with Gasteiger partial charge in [-0.3, -0.25) is 0 Å². The van der Waals surface area contributed by atoms with E-state index < -0.39 is 63.2 Å². The van der Waals surface area contributed by atoms with E-state index in [1.54, 1.807) is 0 Å². The Morgan fingerprint density at radius 1 is 0.366 bits per heavy atom. The average Bonchev–Trinajstić information content (AvgIpc) is 2.67. The summed E-state index contributed by atoms with van der Waals surface area (Å²) in [4.78, 5) is 12.3. The number of hydrogen-bond donors (Lipinski definition) is 1. The van der Waals surface area contributed by atoms with Gasteiger partial charge in [-0.2, -0.15) is 0 Å². The zero-order valence-corrected chi connectivity index (χ0v) is 36.2. The molecule has 1 N–H and O–H groups in total. The smallest absolute Gasteiger partial charge is 0.336 e. The molecule has 0 amide bonds. The van der Waals surface area contributed by atoms with Crippen LogP contribution in [0.5, 0.6) is 0 Å². The zero-order chi connectivity index (χ0) is 34.2. The number of aliphatic carboxylic acids is 1. The Morgan fingerprint density at radius 3 is 0.854 bits per heavy atom. The Labute approximate surface area is 357 Å². The fraction of sp³-hybridized carbons (Fsp3) is 0.786. The highest BCUT2D eigenvalue weighted by molar-refractivity contribution is 6.84. The highest BCUT2D eigenvalue weighted by Crippen LogP contribution is 2.74. The number of rotatable bonds is 9. The Kier molecular flexibility index (Phi) is 16.7. The number of carbonyl (C=O) groups is 1. The molecule has 2 nitrogen and oxygen atoms in total. The average molecular weight is 1090 g/mol. The molecule has 0 aromatic rings. The zero-order valence-electron chi connectivity index (χ0n) is 17.3. The molecule has 0 heterocycles. The van der Waals surface area contributed by atoms with E-state index in [4.69, 9.17) is 290 Å². The molecule has 0 unspecified atom stereocenters. The van der Waals surface area contributed by atoms with Gasteiger partial charge in [-0.1, -0.05) is 290 Å². The number of allylic oxidation sites excluding steroid dienone is 1. The lowest BCUT2D eigenvalue weighted by Gasteiger charge is -2.55. The maximum absolute atomic E-state index is 12.3. The van der Waals surface area contributed by atoms with Crippen molar-refractivity contribution in [1.82, 2.24) is 0 Å². The molecule has 0 aromatic heterocycles. The summed E-state index contributed by atoms with van der Waals surface area (Å²) in [5, 5.41) is 9.88. The molecular formula is C14HCl25O2. The van der Waals surface area contributed by atoms with Crippen molar-refractivity contribution < 1.29 is 9.90 Å². The van der Waals surface area contributed by atoms with Crippen molar-refractivity contribution in [3.05, 3.63) is 11.1 Å². The third-order valence-electron chi connectivity index (χ3n) is 4.45. The third-order valence-corrected chi connectivity index (χ3v) is 18.9. The molecule has 0 aliphatic heterocycles. The van der Waals surface area contributed by atoms with Crippen LogP contribution in [0, 0.1) is 0 Å². The second kappa shape index (κ2) is 14.5. The van der Waals surface area contributed by atoms with Crippen LogP contribution in [0.15, 0.2) is 11.1 Å². The first kappa shape index (κ1) is 47.5. The molecule has 0 saturated heterocycles. The SMILES string of the molecule is O=C(O)C(=C(C(Cl)(Cl)C(Cl)(Cl)Cl)C(Cl)(Cl)C(Cl)(Cl)C(Cl)(Cl)C(Cl)(Cl)C(Cl)(Cl)C(Cl)(Cl)C(Cl)(Cl)C(Cl)(Cl)Cl)C(Cl)(Cl)Cl. The lowest BCUT2D eigenvalue weighted by molar-refractivity contribution is -0.132. The second-order valence-electron chi connectivity index (χ2n) is 7.14. The molecule has 0 spiro atoms. The van der Waals surface area contributed by atoms with E-state index in [0.29, 0.717) is 0 Å². The molecule has 0 rings (SSSR count). The molecule has 0 aliphatic carbocycles. The summed E-state index contributed by atoms with van der Waals surface area (Å²) >= 11 is 153. The molecule has 0 bridgehead atoms. The standard InChI is InChI=1S/C14HCl25O2/c15-4(16,2(5(17,18)13(34,35)36)1(3(40)41)6(19,20)21)7(22,23)8(24,25)9(26,27)10(28,29)11(30,31)12(32,33)14(37,38)39/h(H,40,41). The van der Waals surface area contributed by atoms with Crippen molar-refractivity contribution >= 4 is 296 Å². The van der Waals surface area contributed by atoms with E-state index in [1.165, 1.54) is 0 Å². The Balaban J connectivity index is 7.98. The van der Waals surface area contributed by atoms with E-state index in [-0.39, 0.29) is 0 Å². The van der Waals surface area contributed by atoms with E-state index >= 15 is 0 Å². The molecule has 0 radical (unpaired) electrons. The Morgan fingerprint density at radius 2 is 0.634 bits per heavy atom. The number of carboxylic acid groups (broad SMARTS) is 1. The molecular weight excluding hydrogens is 1090 g/mol. The number of carboxylic acids is 1. The van der Waals surface area contributed by atoms with Gasteiger partial charge in [0.25, 0.3) is 0 Å². The predicted molar refractivity (Wildman–Crippen MR) is 191 cm³/mol. The summed E-state index contributed by atoms with van der Waals surface area (Å²) in [7, 11) is 0.